The summed E-state index contributed by atoms with van der Waals surface area (Å²) in [5, 5.41) is 7.66. The number of carbonyl (C=O) groups excluding carboxylic acids is 2. The fraction of sp³-hybridized carbons (Fsp3) is 0.0455. The Morgan fingerprint density at radius 2 is 1.63 bits per heavy atom. The molecule has 0 fully saturated rings. The van der Waals surface area contributed by atoms with Gasteiger partial charge in [0.1, 0.15) is 0 Å². The Labute approximate surface area is 192 Å². The van der Waals surface area contributed by atoms with Gasteiger partial charge in [0.15, 0.2) is 0 Å². The van der Waals surface area contributed by atoms with Crippen molar-refractivity contribution in [3.05, 3.63) is 97.9 Å². The van der Waals surface area contributed by atoms with E-state index in [4.69, 9.17) is 23.2 Å². The number of benzene rings is 3. The van der Waals surface area contributed by atoms with Gasteiger partial charge in [-0.15, -0.1) is 0 Å². The number of anilines is 1. The molecule has 0 saturated carbocycles. The van der Waals surface area contributed by atoms with Crippen LogP contribution in [0.3, 0.4) is 0 Å². The highest BCUT2D eigenvalue weighted by Gasteiger charge is 2.11. The van der Waals surface area contributed by atoms with E-state index in [0.29, 0.717) is 27.5 Å². The molecule has 3 aromatic rings. The average molecular weight is 505 g/mol. The van der Waals surface area contributed by atoms with Crippen molar-refractivity contribution in [1.82, 2.24) is 5.43 Å². The Balaban J connectivity index is 1.65. The van der Waals surface area contributed by atoms with Gasteiger partial charge >= 0.3 is 0 Å². The molecule has 30 heavy (non-hydrogen) atoms. The monoisotopic (exact) mass is 503 g/mol. The molecule has 0 atom stereocenters. The first-order valence-electron chi connectivity index (χ1n) is 8.80. The summed E-state index contributed by atoms with van der Waals surface area (Å²) in [6.07, 6.45) is 0. The van der Waals surface area contributed by atoms with E-state index in [1.807, 2.05) is 6.07 Å². The molecule has 0 saturated heterocycles. The fourth-order valence-corrected chi connectivity index (χ4v) is 3.45. The number of halogens is 3. The first-order valence-corrected chi connectivity index (χ1v) is 10.4. The molecule has 0 spiro atoms. The van der Waals surface area contributed by atoms with Crippen molar-refractivity contribution >= 4 is 62.3 Å². The van der Waals surface area contributed by atoms with Gasteiger partial charge in [-0.1, -0.05) is 57.3 Å². The highest BCUT2D eigenvalue weighted by molar-refractivity contribution is 9.10. The van der Waals surface area contributed by atoms with Gasteiger partial charge in [0.05, 0.1) is 16.3 Å². The minimum atomic E-state index is -0.337. The van der Waals surface area contributed by atoms with E-state index in [-0.39, 0.29) is 16.8 Å². The molecule has 2 N–H and O–H groups in total. The lowest BCUT2D eigenvalue weighted by Gasteiger charge is -2.08. The van der Waals surface area contributed by atoms with Crippen molar-refractivity contribution in [2.24, 2.45) is 5.10 Å². The van der Waals surface area contributed by atoms with Crippen LogP contribution in [-0.4, -0.2) is 17.5 Å². The third-order valence-electron chi connectivity index (χ3n) is 4.15. The summed E-state index contributed by atoms with van der Waals surface area (Å²) in [5.41, 5.74) is 5.39. The molecule has 0 radical (unpaired) electrons. The van der Waals surface area contributed by atoms with Gasteiger partial charge in [0.2, 0.25) is 0 Å². The van der Waals surface area contributed by atoms with Crippen LogP contribution in [0.25, 0.3) is 0 Å². The maximum atomic E-state index is 12.4. The Hall–Kier alpha value is -2.67. The second-order valence-electron chi connectivity index (χ2n) is 6.30. The van der Waals surface area contributed by atoms with Crippen LogP contribution in [0.1, 0.15) is 33.2 Å². The van der Waals surface area contributed by atoms with Crippen molar-refractivity contribution in [1.29, 1.82) is 0 Å². The molecule has 2 amide bonds. The van der Waals surface area contributed by atoms with Gasteiger partial charge in [0, 0.05) is 20.7 Å². The Bertz CT molecular complexity index is 1130. The van der Waals surface area contributed by atoms with Gasteiger partial charge in [0.25, 0.3) is 11.8 Å². The normalized spacial score (nSPS) is 11.1. The minimum absolute atomic E-state index is 0.279. The number of carbonyl (C=O) groups is 2. The van der Waals surface area contributed by atoms with Crippen molar-refractivity contribution < 1.29 is 9.59 Å². The van der Waals surface area contributed by atoms with Gasteiger partial charge < -0.3 is 5.32 Å². The van der Waals surface area contributed by atoms with Crippen LogP contribution < -0.4 is 10.7 Å². The third kappa shape index (κ3) is 5.69. The van der Waals surface area contributed by atoms with E-state index in [1.165, 1.54) is 6.07 Å². The van der Waals surface area contributed by atoms with Gasteiger partial charge in [-0.3, -0.25) is 9.59 Å². The SMILES string of the molecule is C/C(=N/NC(=O)c1cccc(Br)c1)c1ccc(NC(=O)c2ccc(Cl)cc2Cl)cc1. The predicted octanol–water partition coefficient (Wildman–Crippen LogP) is 6.16. The number of amides is 2. The molecule has 0 aliphatic carbocycles. The fourth-order valence-electron chi connectivity index (χ4n) is 2.56. The molecule has 152 valence electrons. The summed E-state index contributed by atoms with van der Waals surface area (Å²) >= 11 is 15.3. The number of nitrogens with one attached hydrogen (secondary N) is 2. The highest BCUT2D eigenvalue weighted by Crippen LogP contribution is 2.22. The van der Waals surface area contributed by atoms with Crippen molar-refractivity contribution in [3.8, 4) is 0 Å². The van der Waals surface area contributed by atoms with Crippen LogP contribution in [-0.2, 0) is 0 Å². The molecule has 0 unspecified atom stereocenters. The molecule has 0 bridgehead atoms. The van der Waals surface area contributed by atoms with E-state index in [0.717, 1.165) is 10.0 Å². The second kappa shape index (κ2) is 9.89. The Morgan fingerprint density at radius 1 is 0.900 bits per heavy atom. The van der Waals surface area contributed by atoms with Crippen LogP contribution in [0, 0.1) is 0 Å². The predicted molar refractivity (Wildman–Crippen MR) is 125 cm³/mol. The first-order chi connectivity index (χ1) is 14.3. The average Bonchev–Trinajstić information content (AvgIpc) is 2.72. The summed E-state index contributed by atoms with van der Waals surface area (Å²) in [6, 6.07) is 18.8. The highest BCUT2D eigenvalue weighted by atomic mass is 79.9. The second-order valence-corrected chi connectivity index (χ2v) is 8.06. The maximum Gasteiger partial charge on any atom is 0.271 e. The number of hydrogen-bond donors (Lipinski definition) is 2. The van der Waals surface area contributed by atoms with Crippen LogP contribution in [0.2, 0.25) is 10.0 Å². The lowest BCUT2D eigenvalue weighted by atomic mass is 10.1. The van der Waals surface area contributed by atoms with Gasteiger partial charge in [-0.2, -0.15) is 5.10 Å². The van der Waals surface area contributed by atoms with Crippen molar-refractivity contribution in [2.45, 2.75) is 6.92 Å². The molecule has 0 aromatic heterocycles. The van der Waals surface area contributed by atoms with Crippen LogP contribution in [0.4, 0.5) is 5.69 Å². The lowest BCUT2D eigenvalue weighted by molar-refractivity contribution is 0.0954. The molecule has 5 nitrogen and oxygen atoms in total. The summed E-state index contributed by atoms with van der Waals surface area (Å²) in [6.45, 7) is 1.78. The smallest absolute Gasteiger partial charge is 0.271 e. The van der Waals surface area contributed by atoms with E-state index >= 15 is 0 Å². The minimum Gasteiger partial charge on any atom is -0.322 e. The molecule has 0 heterocycles. The molecule has 0 aliphatic rings. The zero-order chi connectivity index (χ0) is 21.7. The Morgan fingerprint density at radius 3 is 2.30 bits per heavy atom. The van der Waals surface area contributed by atoms with Gasteiger partial charge in [-0.25, -0.2) is 5.43 Å². The number of hydrazone groups is 1. The van der Waals surface area contributed by atoms with Crippen LogP contribution in [0.15, 0.2) is 76.3 Å². The largest absolute Gasteiger partial charge is 0.322 e. The zero-order valence-electron chi connectivity index (χ0n) is 15.7. The summed E-state index contributed by atoms with van der Waals surface area (Å²) in [5.74, 6) is -0.643. The van der Waals surface area contributed by atoms with E-state index in [1.54, 1.807) is 61.5 Å². The number of nitrogens with zero attached hydrogens (tertiary/aromatic N) is 1. The number of hydrogen-bond acceptors (Lipinski definition) is 3. The molecular formula is C22H16BrCl2N3O2. The molecule has 8 heteroatoms. The van der Waals surface area contributed by atoms with Gasteiger partial charge in [-0.05, 0) is 61.0 Å². The molecule has 3 aromatic carbocycles. The molecular weight excluding hydrogens is 489 g/mol. The van der Waals surface area contributed by atoms with Crippen LogP contribution >= 0.6 is 39.1 Å². The molecule has 3 rings (SSSR count). The summed E-state index contributed by atoms with van der Waals surface area (Å²) in [7, 11) is 0. The quantitative estimate of drug-likeness (QED) is 0.322. The van der Waals surface area contributed by atoms with E-state index in [2.05, 4.69) is 31.8 Å². The van der Waals surface area contributed by atoms with Crippen molar-refractivity contribution in [3.63, 3.8) is 0 Å². The topological polar surface area (TPSA) is 70.6 Å². The van der Waals surface area contributed by atoms with Crippen molar-refractivity contribution in [2.75, 3.05) is 5.32 Å². The summed E-state index contributed by atoms with van der Waals surface area (Å²) in [4.78, 5) is 24.6. The summed E-state index contributed by atoms with van der Waals surface area (Å²) < 4.78 is 0.813. The standard InChI is InChI=1S/C22H16BrCl2N3O2/c1-13(27-28-21(29)15-3-2-4-16(23)11-15)14-5-8-18(9-6-14)26-22(30)19-10-7-17(24)12-20(19)25/h2-12H,1H3,(H,26,30)(H,28,29)/b27-13-. The maximum absolute atomic E-state index is 12.4. The van der Waals surface area contributed by atoms with E-state index in [9.17, 15) is 9.59 Å². The lowest BCUT2D eigenvalue weighted by Crippen LogP contribution is -2.19. The Kier molecular flexibility index (Phi) is 7.26. The zero-order valence-corrected chi connectivity index (χ0v) is 18.8. The molecule has 0 aliphatic heterocycles. The first kappa shape index (κ1) is 22.0. The van der Waals surface area contributed by atoms with E-state index < -0.39 is 0 Å². The number of rotatable bonds is 5. The third-order valence-corrected chi connectivity index (χ3v) is 5.19. The van der Waals surface area contributed by atoms with Crippen LogP contribution in [0.5, 0.6) is 0 Å².